The average Bonchev–Trinajstić information content (AvgIpc) is 3.07. The minimum Gasteiger partial charge on any atom is -0.381 e. The summed E-state index contributed by atoms with van der Waals surface area (Å²) in [6.07, 6.45) is 5.92. The van der Waals surface area contributed by atoms with Crippen LogP contribution in [0.1, 0.15) is 25.7 Å². The van der Waals surface area contributed by atoms with Gasteiger partial charge in [-0.15, -0.1) is 0 Å². The van der Waals surface area contributed by atoms with Gasteiger partial charge in [-0.3, -0.25) is 4.79 Å². The van der Waals surface area contributed by atoms with Gasteiger partial charge in [-0.1, -0.05) is 0 Å². The van der Waals surface area contributed by atoms with Gasteiger partial charge in [0.05, 0.1) is 25.1 Å². The minimum absolute atomic E-state index is 0.103. The average molecular weight is 377 g/mol. The third-order valence-electron chi connectivity index (χ3n) is 5.26. The molecule has 0 aromatic carbocycles. The Hall–Kier alpha value is -1.86. The van der Waals surface area contributed by atoms with Crippen LogP contribution >= 0.6 is 0 Å². The number of ether oxygens (including phenoxy) is 2. The molecule has 1 N–H and O–H groups in total. The van der Waals surface area contributed by atoms with Crippen molar-refractivity contribution in [1.29, 1.82) is 0 Å². The van der Waals surface area contributed by atoms with Crippen molar-refractivity contribution in [3.63, 3.8) is 0 Å². The summed E-state index contributed by atoms with van der Waals surface area (Å²) in [5.41, 5.74) is 1.03. The molecule has 1 amide bonds. The van der Waals surface area contributed by atoms with Crippen molar-refractivity contribution in [2.45, 2.75) is 31.7 Å². The van der Waals surface area contributed by atoms with Crippen LogP contribution in [0.2, 0.25) is 0 Å². The first-order chi connectivity index (χ1) is 13.1. The standard InChI is InChI=1S/C20H32N4O3/c1-23(2)19-6-5-18(12-21-19)22-17-4-3-9-24(10-7-17)20(25)15-27-14-16-8-11-26-13-16/h5-6,12,16-17,22H,3-4,7-11,13-15H2,1-2H3/t16-,17+/m0/s1. The number of nitrogens with zero attached hydrogens (tertiary/aromatic N) is 3. The normalized spacial score (nSPS) is 23.1. The van der Waals surface area contributed by atoms with Gasteiger partial charge in [-0.2, -0.15) is 0 Å². The lowest BCUT2D eigenvalue weighted by Gasteiger charge is -2.21. The molecule has 150 valence electrons. The largest absolute Gasteiger partial charge is 0.381 e. The second-order valence-corrected chi connectivity index (χ2v) is 7.70. The zero-order chi connectivity index (χ0) is 19.1. The van der Waals surface area contributed by atoms with Crippen LogP contribution in [0, 0.1) is 5.92 Å². The van der Waals surface area contributed by atoms with E-state index < -0.39 is 0 Å². The van der Waals surface area contributed by atoms with E-state index in [9.17, 15) is 4.79 Å². The van der Waals surface area contributed by atoms with Gasteiger partial charge >= 0.3 is 0 Å². The van der Waals surface area contributed by atoms with Crippen molar-refractivity contribution in [1.82, 2.24) is 9.88 Å². The molecule has 7 nitrogen and oxygen atoms in total. The van der Waals surface area contributed by atoms with E-state index in [1.54, 1.807) is 0 Å². The maximum atomic E-state index is 12.4. The zero-order valence-corrected chi connectivity index (χ0v) is 16.5. The Morgan fingerprint density at radius 2 is 2.22 bits per heavy atom. The van der Waals surface area contributed by atoms with Crippen LogP contribution in [-0.2, 0) is 14.3 Å². The van der Waals surface area contributed by atoms with E-state index in [0.29, 0.717) is 18.6 Å². The highest BCUT2D eigenvalue weighted by Crippen LogP contribution is 2.18. The SMILES string of the molecule is CN(C)c1ccc(N[C@@H]2CCCN(C(=O)COC[C@H]3CCOC3)CC2)cn1. The topological polar surface area (TPSA) is 66.9 Å². The smallest absolute Gasteiger partial charge is 0.248 e. The van der Waals surface area contributed by atoms with Crippen LogP contribution < -0.4 is 10.2 Å². The molecular weight excluding hydrogens is 344 g/mol. The predicted molar refractivity (Wildman–Crippen MR) is 106 cm³/mol. The summed E-state index contributed by atoms with van der Waals surface area (Å²) in [6.45, 7) is 3.97. The lowest BCUT2D eigenvalue weighted by atomic mass is 10.1. The molecule has 2 saturated heterocycles. The monoisotopic (exact) mass is 376 g/mol. The van der Waals surface area contributed by atoms with Gasteiger partial charge in [0.25, 0.3) is 0 Å². The highest BCUT2D eigenvalue weighted by atomic mass is 16.5. The van der Waals surface area contributed by atoms with E-state index in [1.807, 2.05) is 36.2 Å². The van der Waals surface area contributed by atoms with E-state index in [0.717, 1.165) is 63.5 Å². The van der Waals surface area contributed by atoms with E-state index >= 15 is 0 Å². The zero-order valence-electron chi connectivity index (χ0n) is 16.5. The molecule has 2 fully saturated rings. The summed E-state index contributed by atoms with van der Waals surface area (Å²) in [5.74, 6) is 1.50. The minimum atomic E-state index is 0.103. The van der Waals surface area contributed by atoms with Crippen LogP contribution in [-0.4, -0.2) is 75.4 Å². The number of hydrogen-bond donors (Lipinski definition) is 1. The number of anilines is 2. The molecule has 0 bridgehead atoms. The van der Waals surface area contributed by atoms with Gasteiger partial charge in [-0.25, -0.2) is 4.98 Å². The Labute approximate surface area is 162 Å². The number of nitrogens with one attached hydrogen (secondary N) is 1. The lowest BCUT2D eigenvalue weighted by Crippen LogP contribution is -2.35. The third-order valence-corrected chi connectivity index (χ3v) is 5.26. The van der Waals surface area contributed by atoms with Gasteiger partial charge in [-0.05, 0) is 37.8 Å². The van der Waals surface area contributed by atoms with Crippen molar-refractivity contribution >= 4 is 17.4 Å². The highest BCUT2D eigenvalue weighted by molar-refractivity contribution is 5.77. The van der Waals surface area contributed by atoms with Crippen LogP contribution in [0.3, 0.4) is 0 Å². The molecule has 2 aliphatic rings. The predicted octanol–water partition coefficient (Wildman–Crippen LogP) is 1.99. The van der Waals surface area contributed by atoms with E-state index in [-0.39, 0.29) is 12.5 Å². The molecule has 1 aromatic rings. The van der Waals surface area contributed by atoms with Crippen LogP contribution in [0.4, 0.5) is 11.5 Å². The van der Waals surface area contributed by atoms with Crippen molar-refractivity contribution in [3.05, 3.63) is 18.3 Å². The molecule has 0 saturated carbocycles. The fraction of sp³-hybridized carbons (Fsp3) is 0.700. The summed E-state index contributed by atoms with van der Waals surface area (Å²) in [5, 5.41) is 3.56. The molecule has 2 aliphatic heterocycles. The summed E-state index contributed by atoms with van der Waals surface area (Å²) in [7, 11) is 3.97. The molecule has 7 heteroatoms. The first-order valence-corrected chi connectivity index (χ1v) is 9.95. The Morgan fingerprint density at radius 3 is 2.93 bits per heavy atom. The van der Waals surface area contributed by atoms with E-state index in [1.165, 1.54) is 0 Å². The molecule has 2 atom stereocenters. The third kappa shape index (κ3) is 6.07. The molecule has 3 rings (SSSR count). The van der Waals surface area contributed by atoms with Crippen molar-refractivity contribution in [2.75, 3.05) is 63.8 Å². The summed E-state index contributed by atoms with van der Waals surface area (Å²) < 4.78 is 11.0. The molecule has 0 unspecified atom stereocenters. The van der Waals surface area contributed by atoms with Gasteiger partial charge in [0.1, 0.15) is 12.4 Å². The fourth-order valence-corrected chi connectivity index (χ4v) is 3.58. The molecule has 3 heterocycles. The quantitative estimate of drug-likeness (QED) is 0.785. The molecule has 0 aliphatic carbocycles. The van der Waals surface area contributed by atoms with Gasteiger partial charge in [0.2, 0.25) is 5.91 Å². The summed E-state index contributed by atoms with van der Waals surface area (Å²) in [4.78, 5) is 20.8. The number of aromatic nitrogens is 1. The number of carbonyl (C=O) groups is 1. The van der Waals surface area contributed by atoms with Crippen molar-refractivity contribution in [2.24, 2.45) is 5.92 Å². The number of carbonyl (C=O) groups excluding carboxylic acids is 1. The number of hydrogen-bond acceptors (Lipinski definition) is 6. The number of amides is 1. The first kappa shape index (κ1) is 19.9. The van der Waals surface area contributed by atoms with Gasteiger partial charge in [0, 0.05) is 45.8 Å². The Bertz CT molecular complexity index is 587. The van der Waals surface area contributed by atoms with Crippen molar-refractivity contribution < 1.29 is 14.3 Å². The molecule has 0 radical (unpaired) electrons. The van der Waals surface area contributed by atoms with E-state index in [4.69, 9.17) is 9.47 Å². The molecular formula is C20H32N4O3. The van der Waals surface area contributed by atoms with Crippen molar-refractivity contribution in [3.8, 4) is 0 Å². The fourth-order valence-electron chi connectivity index (χ4n) is 3.58. The number of likely N-dealkylation sites (tertiary alicyclic amines) is 1. The first-order valence-electron chi connectivity index (χ1n) is 9.95. The summed E-state index contributed by atoms with van der Waals surface area (Å²) in [6, 6.07) is 4.45. The van der Waals surface area contributed by atoms with E-state index in [2.05, 4.69) is 16.4 Å². The number of pyridine rings is 1. The lowest BCUT2D eigenvalue weighted by molar-refractivity contribution is -0.136. The maximum Gasteiger partial charge on any atom is 0.248 e. The van der Waals surface area contributed by atoms with Gasteiger partial charge < -0.3 is 24.6 Å². The van der Waals surface area contributed by atoms with Crippen LogP contribution in [0.25, 0.3) is 0 Å². The van der Waals surface area contributed by atoms with Crippen LogP contribution in [0.15, 0.2) is 18.3 Å². The molecule has 1 aromatic heterocycles. The second kappa shape index (κ2) is 9.90. The van der Waals surface area contributed by atoms with Crippen LogP contribution in [0.5, 0.6) is 0 Å². The second-order valence-electron chi connectivity index (χ2n) is 7.70. The Balaban J connectivity index is 1.40. The Kier molecular flexibility index (Phi) is 7.29. The maximum absolute atomic E-state index is 12.4. The highest BCUT2D eigenvalue weighted by Gasteiger charge is 2.22. The number of rotatable bonds is 7. The van der Waals surface area contributed by atoms with Gasteiger partial charge in [0.15, 0.2) is 0 Å². The Morgan fingerprint density at radius 1 is 1.33 bits per heavy atom. The summed E-state index contributed by atoms with van der Waals surface area (Å²) >= 11 is 0. The molecule has 0 spiro atoms. The molecule has 27 heavy (non-hydrogen) atoms.